The fourth-order valence-electron chi connectivity index (χ4n) is 4.80. The number of halogens is 3. The van der Waals surface area contributed by atoms with E-state index in [1.807, 2.05) is 36.4 Å². The van der Waals surface area contributed by atoms with Crippen LogP contribution >= 0.6 is 46.1 Å². The van der Waals surface area contributed by atoms with Gasteiger partial charge in [-0.15, -0.1) is 0 Å². The molecule has 1 aliphatic heterocycles. The molecule has 0 amide bonds. The first-order chi connectivity index (χ1) is 16.9. The highest BCUT2D eigenvalue weighted by Crippen LogP contribution is 2.41. The molecule has 0 fully saturated rings. The molecule has 1 N–H and O–H groups in total. The largest absolute Gasteiger partial charge is 0.506 e. The molecule has 35 heavy (non-hydrogen) atoms. The first-order valence-electron chi connectivity index (χ1n) is 11.0. The van der Waals surface area contributed by atoms with E-state index in [4.69, 9.17) is 39.8 Å². The highest BCUT2D eigenvalue weighted by atomic mass is 35.5. The highest BCUT2D eigenvalue weighted by Gasteiger charge is 2.32. The van der Waals surface area contributed by atoms with Crippen molar-refractivity contribution in [3.63, 3.8) is 0 Å². The normalized spacial score (nSPS) is 17.0. The summed E-state index contributed by atoms with van der Waals surface area (Å²) in [5.74, 6) is -0.121. The van der Waals surface area contributed by atoms with E-state index in [1.165, 1.54) is 23.0 Å². The molecule has 1 atom stereocenters. The lowest BCUT2D eigenvalue weighted by atomic mass is 9.83. The molecular weight excluding hydrogens is 523 g/mol. The van der Waals surface area contributed by atoms with Crippen LogP contribution < -0.4 is 14.9 Å². The highest BCUT2D eigenvalue weighted by molar-refractivity contribution is 7.07. The van der Waals surface area contributed by atoms with Crippen LogP contribution in [-0.2, 0) is 6.42 Å². The lowest BCUT2D eigenvalue weighted by Crippen LogP contribution is -2.38. The van der Waals surface area contributed by atoms with Gasteiger partial charge in [0.1, 0.15) is 5.75 Å². The summed E-state index contributed by atoms with van der Waals surface area (Å²) in [5, 5.41) is 11.6. The average Bonchev–Trinajstić information content (AvgIpc) is 3.16. The lowest BCUT2D eigenvalue weighted by Gasteiger charge is -2.30. The van der Waals surface area contributed by atoms with Crippen molar-refractivity contribution in [1.29, 1.82) is 0 Å². The van der Waals surface area contributed by atoms with E-state index in [-0.39, 0.29) is 22.4 Å². The van der Waals surface area contributed by atoms with E-state index >= 15 is 0 Å². The van der Waals surface area contributed by atoms with Gasteiger partial charge in [-0.05, 0) is 59.9 Å². The second-order valence-corrected chi connectivity index (χ2v) is 10.8. The lowest BCUT2D eigenvalue weighted by molar-refractivity contribution is 0.474. The summed E-state index contributed by atoms with van der Waals surface area (Å²) in [6.45, 7) is 0. The topological polar surface area (TPSA) is 54.6 Å². The molecule has 1 aromatic heterocycles. The van der Waals surface area contributed by atoms with Crippen LogP contribution in [0.3, 0.4) is 0 Å². The first-order valence-corrected chi connectivity index (χ1v) is 12.9. The van der Waals surface area contributed by atoms with Crippen molar-refractivity contribution in [1.82, 2.24) is 4.57 Å². The van der Waals surface area contributed by atoms with Crippen LogP contribution in [0.15, 0.2) is 76.0 Å². The molecule has 4 aromatic rings. The molecule has 174 valence electrons. The fourth-order valence-corrected chi connectivity index (χ4v) is 6.43. The van der Waals surface area contributed by atoms with E-state index in [0.717, 1.165) is 35.2 Å². The molecule has 3 aromatic carbocycles. The van der Waals surface area contributed by atoms with E-state index in [9.17, 15) is 9.90 Å². The third kappa shape index (κ3) is 3.83. The molecule has 1 unspecified atom stereocenters. The second-order valence-electron chi connectivity index (χ2n) is 8.49. The Bertz CT molecular complexity index is 1720. The molecule has 2 aliphatic rings. The Kier molecular flexibility index (Phi) is 5.61. The van der Waals surface area contributed by atoms with E-state index < -0.39 is 0 Å². The van der Waals surface area contributed by atoms with Gasteiger partial charge in [-0.3, -0.25) is 9.36 Å². The van der Waals surface area contributed by atoms with Gasteiger partial charge < -0.3 is 5.11 Å². The number of hydrogen-bond acceptors (Lipinski definition) is 4. The summed E-state index contributed by atoms with van der Waals surface area (Å²) in [4.78, 5) is 19.3. The third-order valence-corrected chi connectivity index (χ3v) is 8.14. The zero-order valence-corrected chi connectivity index (χ0v) is 21.2. The van der Waals surface area contributed by atoms with E-state index in [2.05, 4.69) is 12.1 Å². The zero-order chi connectivity index (χ0) is 24.3. The molecule has 0 spiro atoms. The SMILES string of the molecule is O=c1c(=Cc2cc(Cl)cc(Cl)c2O)sc2n1C(c1ccc(Cl)cc1)C1=C(N=2)c2ccccc2CC1. The first kappa shape index (κ1) is 22.6. The smallest absolute Gasteiger partial charge is 0.271 e. The Morgan fingerprint density at radius 1 is 1.00 bits per heavy atom. The second kappa shape index (κ2) is 8.68. The van der Waals surface area contributed by atoms with E-state index in [0.29, 0.717) is 24.9 Å². The number of thiazole rings is 1. The Morgan fingerprint density at radius 3 is 2.57 bits per heavy atom. The van der Waals surface area contributed by atoms with Crippen molar-refractivity contribution in [2.24, 2.45) is 4.99 Å². The summed E-state index contributed by atoms with van der Waals surface area (Å²) >= 11 is 19.7. The maximum atomic E-state index is 13.8. The van der Waals surface area contributed by atoms with E-state index in [1.54, 1.807) is 16.7 Å². The number of fused-ring (bicyclic) bond motifs is 3. The molecule has 0 bridgehead atoms. The molecular formula is C27H17Cl3N2O2S. The maximum absolute atomic E-state index is 13.8. The standard InChI is InChI=1S/C27H17Cl3N2O2S/c28-17-8-5-15(6-9-17)24-20-10-7-14-3-1-2-4-19(14)23(20)31-27-32(24)26(34)22(35-27)12-16-11-18(29)13-21(30)25(16)33/h1-6,8-9,11-13,24,33H,7,10H2. The van der Waals surface area contributed by atoms with Crippen molar-refractivity contribution < 1.29 is 5.11 Å². The van der Waals surface area contributed by atoms with Crippen LogP contribution in [0.5, 0.6) is 5.75 Å². The van der Waals surface area contributed by atoms with Crippen LogP contribution in [0.1, 0.15) is 34.7 Å². The zero-order valence-electron chi connectivity index (χ0n) is 18.1. The van der Waals surface area contributed by atoms with Crippen LogP contribution in [-0.4, -0.2) is 9.67 Å². The predicted molar refractivity (Wildman–Crippen MR) is 142 cm³/mol. The summed E-state index contributed by atoms with van der Waals surface area (Å²) in [5.41, 5.74) is 5.55. The van der Waals surface area contributed by atoms with Gasteiger partial charge in [0.05, 0.1) is 21.3 Å². The summed E-state index contributed by atoms with van der Waals surface area (Å²) in [6.07, 6.45) is 3.30. The van der Waals surface area contributed by atoms with Gasteiger partial charge in [0.25, 0.3) is 5.56 Å². The summed E-state index contributed by atoms with van der Waals surface area (Å²) in [7, 11) is 0. The molecule has 8 heteroatoms. The Hall–Kier alpha value is -2.83. The number of phenolic OH excluding ortho intramolecular Hbond substituents is 1. The third-order valence-electron chi connectivity index (χ3n) is 6.40. The predicted octanol–water partition coefficient (Wildman–Crippen LogP) is 5.98. The minimum atomic E-state index is -0.300. The number of phenols is 1. The molecule has 0 radical (unpaired) electrons. The number of rotatable bonds is 2. The quantitative estimate of drug-likeness (QED) is 0.340. The summed E-state index contributed by atoms with van der Waals surface area (Å²) < 4.78 is 2.18. The number of nitrogens with zero attached hydrogens (tertiary/aromatic N) is 2. The number of aromatic nitrogens is 1. The number of aryl methyl sites for hydroxylation is 1. The number of benzene rings is 3. The minimum absolute atomic E-state index is 0.121. The van der Waals surface area contributed by atoms with Crippen LogP contribution in [0, 0.1) is 0 Å². The van der Waals surface area contributed by atoms with Gasteiger partial charge in [0.15, 0.2) is 4.80 Å². The van der Waals surface area contributed by atoms with Crippen molar-refractivity contribution in [3.8, 4) is 5.75 Å². The Labute approximate surface area is 219 Å². The fraction of sp³-hybridized carbons (Fsp3) is 0.111. The van der Waals surface area contributed by atoms with Crippen molar-refractivity contribution in [3.05, 3.63) is 123 Å². The van der Waals surface area contributed by atoms with Crippen molar-refractivity contribution >= 4 is 57.9 Å². The Morgan fingerprint density at radius 2 is 1.77 bits per heavy atom. The van der Waals surface area contributed by atoms with Crippen molar-refractivity contribution in [2.75, 3.05) is 0 Å². The Balaban J connectivity index is 1.64. The van der Waals surface area contributed by atoms with Crippen molar-refractivity contribution in [2.45, 2.75) is 18.9 Å². The van der Waals surface area contributed by atoms with Gasteiger partial charge >= 0.3 is 0 Å². The van der Waals surface area contributed by atoms with Crippen LogP contribution in [0.25, 0.3) is 11.8 Å². The van der Waals surface area contributed by atoms with Gasteiger partial charge in [-0.25, -0.2) is 4.99 Å². The summed E-state index contributed by atoms with van der Waals surface area (Å²) in [6, 6.07) is 18.6. The minimum Gasteiger partial charge on any atom is -0.506 e. The van der Waals surface area contributed by atoms with Crippen LogP contribution in [0.2, 0.25) is 15.1 Å². The van der Waals surface area contributed by atoms with Crippen LogP contribution in [0.4, 0.5) is 0 Å². The van der Waals surface area contributed by atoms with Gasteiger partial charge in [-0.2, -0.15) is 0 Å². The van der Waals surface area contributed by atoms with Gasteiger partial charge in [0.2, 0.25) is 0 Å². The van der Waals surface area contributed by atoms with Gasteiger partial charge in [-0.1, -0.05) is 82.5 Å². The molecule has 6 rings (SSSR count). The number of allylic oxidation sites excluding steroid dienone is 1. The maximum Gasteiger partial charge on any atom is 0.271 e. The average molecular weight is 540 g/mol. The van der Waals surface area contributed by atoms with Gasteiger partial charge in [0, 0.05) is 21.2 Å². The molecule has 1 aliphatic carbocycles. The number of hydrogen-bond donors (Lipinski definition) is 1. The monoisotopic (exact) mass is 538 g/mol. The molecule has 4 nitrogen and oxygen atoms in total. The molecule has 2 heterocycles. The number of aromatic hydroxyl groups is 1. The molecule has 0 saturated carbocycles. The molecule has 0 saturated heterocycles.